The van der Waals surface area contributed by atoms with E-state index in [0.717, 1.165) is 36.2 Å². The van der Waals surface area contributed by atoms with E-state index in [1.165, 1.54) is 0 Å². The van der Waals surface area contributed by atoms with Crippen LogP contribution in [0, 0.1) is 6.92 Å². The minimum atomic E-state index is 0.0476. The number of carbonyl (C=O) groups excluding carboxylic acids is 1. The zero-order valence-corrected chi connectivity index (χ0v) is 14.9. The Morgan fingerprint density at radius 3 is 2.96 bits per heavy atom. The molecule has 2 aromatic rings. The summed E-state index contributed by atoms with van der Waals surface area (Å²) in [6, 6.07) is 6.07. The molecule has 7 heteroatoms. The third-order valence-corrected chi connectivity index (χ3v) is 5.12. The van der Waals surface area contributed by atoms with Crippen LogP contribution >= 0.6 is 11.3 Å². The molecule has 2 aromatic heterocycles. The monoisotopic (exact) mass is 345 g/mol. The number of aryl methyl sites for hydroxylation is 1. The Balaban J connectivity index is 1.46. The van der Waals surface area contributed by atoms with Gasteiger partial charge in [0.1, 0.15) is 0 Å². The second kappa shape index (κ2) is 7.72. The third kappa shape index (κ3) is 4.30. The summed E-state index contributed by atoms with van der Waals surface area (Å²) in [7, 11) is 0. The molecule has 0 bridgehead atoms. The largest absolute Gasteiger partial charge is 0.349 e. The van der Waals surface area contributed by atoms with Crippen LogP contribution in [0.5, 0.6) is 0 Å². The van der Waals surface area contributed by atoms with Gasteiger partial charge in [0.25, 0.3) is 0 Å². The van der Waals surface area contributed by atoms with E-state index in [1.807, 2.05) is 25.1 Å². The van der Waals surface area contributed by atoms with Crippen LogP contribution in [0.3, 0.4) is 0 Å². The summed E-state index contributed by atoms with van der Waals surface area (Å²) in [6.07, 6.45) is 1.74. The summed E-state index contributed by atoms with van der Waals surface area (Å²) in [5.41, 5.74) is 1.95. The highest BCUT2D eigenvalue weighted by Crippen LogP contribution is 2.24. The van der Waals surface area contributed by atoms with Crippen molar-refractivity contribution >= 4 is 22.4 Å². The Morgan fingerprint density at radius 2 is 2.29 bits per heavy atom. The fourth-order valence-electron chi connectivity index (χ4n) is 2.89. The number of nitrogens with zero attached hydrogens (tertiary/aromatic N) is 4. The molecule has 0 spiro atoms. The molecule has 0 aromatic carbocycles. The van der Waals surface area contributed by atoms with Crippen molar-refractivity contribution in [1.29, 1.82) is 0 Å². The zero-order chi connectivity index (χ0) is 16.9. The van der Waals surface area contributed by atoms with Crippen molar-refractivity contribution in [2.45, 2.75) is 26.4 Å². The summed E-state index contributed by atoms with van der Waals surface area (Å²) >= 11 is 1.69. The van der Waals surface area contributed by atoms with E-state index >= 15 is 0 Å². The molecular formula is C17H23N5OS. The molecule has 24 heavy (non-hydrogen) atoms. The van der Waals surface area contributed by atoms with E-state index < -0.39 is 0 Å². The summed E-state index contributed by atoms with van der Waals surface area (Å²) in [6.45, 7) is 7.77. The van der Waals surface area contributed by atoms with Crippen LogP contribution in [0.2, 0.25) is 0 Å². The predicted octanol–water partition coefficient (Wildman–Crippen LogP) is 1.67. The molecule has 0 saturated carbocycles. The Hall–Kier alpha value is -1.99. The molecular weight excluding hydrogens is 322 g/mol. The molecule has 1 saturated heterocycles. The van der Waals surface area contributed by atoms with Gasteiger partial charge in [0.15, 0.2) is 5.13 Å². The van der Waals surface area contributed by atoms with Gasteiger partial charge in [-0.3, -0.25) is 14.7 Å². The molecule has 3 rings (SSSR count). The smallest absolute Gasteiger partial charge is 0.234 e. The van der Waals surface area contributed by atoms with Crippen LogP contribution in [0.25, 0.3) is 0 Å². The standard InChI is InChI=1S/C17H23N5OS/c1-13-12-24-17(20-13)22-8-7-21(10-14(22)2)11-16(23)19-9-15-5-3-4-6-18-15/h3-6,12,14H,7-11H2,1-2H3,(H,19,23)/t14-/m1/s1. The van der Waals surface area contributed by atoms with Crippen LogP contribution in [0.4, 0.5) is 5.13 Å². The van der Waals surface area contributed by atoms with Gasteiger partial charge in [-0.2, -0.15) is 0 Å². The lowest BCUT2D eigenvalue weighted by Gasteiger charge is -2.39. The van der Waals surface area contributed by atoms with Crippen molar-refractivity contribution in [3.8, 4) is 0 Å². The number of hydrogen-bond acceptors (Lipinski definition) is 6. The summed E-state index contributed by atoms with van der Waals surface area (Å²) < 4.78 is 0. The van der Waals surface area contributed by atoms with Crippen molar-refractivity contribution in [3.63, 3.8) is 0 Å². The number of pyridine rings is 1. The maximum absolute atomic E-state index is 12.1. The number of piperazine rings is 1. The number of aromatic nitrogens is 2. The maximum atomic E-state index is 12.1. The molecule has 128 valence electrons. The average Bonchev–Trinajstić information content (AvgIpc) is 3.00. The summed E-state index contributed by atoms with van der Waals surface area (Å²) in [5, 5.41) is 6.11. The molecule has 1 amide bonds. The topological polar surface area (TPSA) is 61.4 Å². The van der Waals surface area contributed by atoms with Gasteiger partial charge in [0.2, 0.25) is 5.91 Å². The van der Waals surface area contributed by atoms with E-state index in [4.69, 9.17) is 0 Å². The minimum absolute atomic E-state index is 0.0476. The molecule has 1 fully saturated rings. The first kappa shape index (κ1) is 16.9. The van der Waals surface area contributed by atoms with Gasteiger partial charge in [-0.1, -0.05) is 6.07 Å². The molecule has 1 aliphatic heterocycles. The number of anilines is 1. The van der Waals surface area contributed by atoms with E-state index in [9.17, 15) is 4.79 Å². The lowest BCUT2D eigenvalue weighted by Crippen LogP contribution is -2.54. The normalized spacial score (nSPS) is 18.6. The first-order valence-corrected chi connectivity index (χ1v) is 9.07. The molecule has 6 nitrogen and oxygen atoms in total. The second-order valence-electron chi connectivity index (χ2n) is 6.15. The molecule has 1 N–H and O–H groups in total. The quantitative estimate of drug-likeness (QED) is 0.893. The Labute approximate surface area is 146 Å². The number of nitrogens with one attached hydrogen (secondary N) is 1. The van der Waals surface area contributed by atoms with Crippen LogP contribution in [0.15, 0.2) is 29.8 Å². The van der Waals surface area contributed by atoms with Crippen molar-refractivity contribution in [3.05, 3.63) is 41.2 Å². The molecule has 1 atom stereocenters. The highest BCUT2D eigenvalue weighted by Gasteiger charge is 2.26. The lowest BCUT2D eigenvalue weighted by molar-refractivity contribution is -0.122. The first-order valence-electron chi connectivity index (χ1n) is 8.19. The van der Waals surface area contributed by atoms with Crippen LogP contribution in [-0.2, 0) is 11.3 Å². The Bertz CT molecular complexity index is 675. The summed E-state index contributed by atoms with van der Waals surface area (Å²) in [4.78, 5) is 25.5. The Kier molecular flexibility index (Phi) is 5.42. The van der Waals surface area contributed by atoms with Gasteiger partial charge in [-0.25, -0.2) is 4.98 Å². The van der Waals surface area contributed by atoms with Gasteiger partial charge in [-0.05, 0) is 26.0 Å². The lowest BCUT2D eigenvalue weighted by atomic mass is 10.2. The second-order valence-corrected chi connectivity index (χ2v) is 6.98. The highest BCUT2D eigenvalue weighted by atomic mass is 32.1. The van der Waals surface area contributed by atoms with E-state index in [0.29, 0.717) is 19.1 Å². The molecule has 0 unspecified atom stereocenters. The predicted molar refractivity (Wildman–Crippen MR) is 96.2 cm³/mol. The van der Waals surface area contributed by atoms with Crippen molar-refractivity contribution in [2.75, 3.05) is 31.1 Å². The van der Waals surface area contributed by atoms with Gasteiger partial charge in [0.05, 0.1) is 24.5 Å². The number of hydrogen-bond donors (Lipinski definition) is 1. The van der Waals surface area contributed by atoms with E-state index in [2.05, 4.69) is 37.4 Å². The van der Waals surface area contributed by atoms with Crippen molar-refractivity contribution in [2.24, 2.45) is 0 Å². The average molecular weight is 345 g/mol. The number of rotatable bonds is 5. The molecule has 0 aliphatic carbocycles. The molecule has 0 radical (unpaired) electrons. The van der Waals surface area contributed by atoms with Gasteiger partial charge < -0.3 is 10.2 Å². The number of thiazole rings is 1. The number of carbonyl (C=O) groups is 1. The fourth-order valence-corrected chi connectivity index (χ4v) is 3.82. The van der Waals surface area contributed by atoms with Crippen molar-refractivity contribution in [1.82, 2.24) is 20.2 Å². The summed E-state index contributed by atoms with van der Waals surface area (Å²) in [5.74, 6) is 0.0476. The van der Waals surface area contributed by atoms with Gasteiger partial charge in [0, 0.05) is 37.3 Å². The molecule has 3 heterocycles. The van der Waals surface area contributed by atoms with E-state index in [-0.39, 0.29) is 5.91 Å². The zero-order valence-electron chi connectivity index (χ0n) is 14.1. The van der Waals surface area contributed by atoms with Crippen LogP contribution < -0.4 is 10.2 Å². The molecule has 1 aliphatic rings. The van der Waals surface area contributed by atoms with Crippen LogP contribution in [0.1, 0.15) is 18.3 Å². The number of amides is 1. The van der Waals surface area contributed by atoms with Crippen LogP contribution in [-0.4, -0.2) is 53.0 Å². The van der Waals surface area contributed by atoms with Gasteiger partial charge >= 0.3 is 0 Å². The maximum Gasteiger partial charge on any atom is 0.234 e. The van der Waals surface area contributed by atoms with Gasteiger partial charge in [-0.15, -0.1) is 11.3 Å². The van der Waals surface area contributed by atoms with Crippen molar-refractivity contribution < 1.29 is 4.79 Å². The van der Waals surface area contributed by atoms with E-state index in [1.54, 1.807) is 17.5 Å². The third-order valence-electron chi connectivity index (χ3n) is 4.12. The SMILES string of the molecule is Cc1csc(N2CCN(CC(=O)NCc3ccccn3)C[C@H]2C)n1. The minimum Gasteiger partial charge on any atom is -0.349 e. The first-order chi connectivity index (χ1) is 11.6. The fraction of sp³-hybridized carbons (Fsp3) is 0.471. The Morgan fingerprint density at radius 1 is 1.42 bits per heavy atom. The highest BCUT2D eigenvalue weighted by molar-refractivity contribution is 7.13.